The van der Waals surface area contributed by atoms with Gasteiger partial charge in [-0.1, -0.05) is 29.5 Å². The number of aromatic nitrogens is 4. The molecular weight excluding hydrogens is 234 g/mol. The second kappa shape index (κ2) is 5.46. The number of nitriles is 1. The highest BCUT2D eigenvalue weighted by atomic mass is 32.2. The zero-order valence-corrected chi connectivity index (χ0v) is 10.2. The van der Waals surface area contributed by atoms with Crippen molar-refractivity contribution in [1.29, 1.82) is 5.26 Å². The van der Waals surface area contributed by atoms with Crippen LogP contribution in [0.1, 0.15) is 12.0 Å². The fourth-order valence-corrected chi connectivity index (χ4v) is 2.04. The van der Waals surface area contributed by atoms with Gasteiger partial charge < -0.3 is 0 Å². The van der Waals surface area contributed by atoms with Crippen LogP contribution in [0.3, 0.4) is 0 Å². The number of tetrazole rings is 1. The first-order valence-corrected chi connectivity index (χ1v) is 6.15. The van der Waals surface area contributed by atoms with Crippen molar-refractivity contribution in [2.24, 2.45) is 0 Å². The lowest BCUT2D eigenvalue weighted by molar-refractivity contribution is 0.756. The van der Waals surface area contributed by atoms with Gasteiger partial charge in [-0.05, 0) is 29.5 Å². The molecular formula is C11H11N5S. The molecule has 0 bridgehead atoms. The highest BCUT2D eigenvalue weighted by Gasteiger charge is 2.07. The second-order valence-electron chi connectivity index (χ2n) is 3.47. The number of benzene rings is 1. The van der Waals surface area contributed by atoms with Crippen molar-refractivity contribution in [3.05, 3.63) is 29.8 Å². The molecule has 2 aromatic rings. The number of hydrogen-bond donors (Lipinski definition) is 0. The maximum absolute atomic E-state index is 8.49. The Balaban J connectivity index is 2.19. The highest BCUT2D eigenvalue weighted by Crippen LogP contribution is 2.18. The number of aryl methyl sites for hydroxylation is 1. The minimum Gasteiger partial charge on any atom is -0.198 e. The largest absolute Gasteiger partial charge is 0.214 e. The molecule has 0 N–H and O–H groups in total. The van der Waals surface area contributed by atoms with Gasteiger partial charge in [0.2, 0.25) is 5.16 Å². The topological polar surface area (TPSA) is 67.4 Å². The molecule has 0 spiro atoms. The average molecular weight is 245 g/mol. The summed E-state index contributed by atoms with van der Waals surface area (Å²) in [6.07, 6.45) is 0.491. The van der Waals surface area contributed by atoms with Gasteiger partial charge in [-0.25, -0.2) is 0 Å². The van der Waals surface area contributed by atoms with Crippen LogP contribution in [-0.2, 0) is 0 Å². The Morgan fingerprint density at radius 1 is 1.35 bits per heavy atom. The van der Waals surface area contributed by atoms with E-state index in [1.54, 1.807) is 4.68 Å². The van der Waals surface area contributed by atoms with Gasteiger partial charge in [0, 0.05) is 12.2 Å². The molecule has 86 valence electrons. The summed E-state index contributed by atoms with van der Waals surface area (Å²) in [6, 6.07) is 10.1. The summed E-state index contributed by atoms with van der Waals surface area (Å²) in [6.45, 7) is 2.03. The number of rotatable bonds is 4. The predicted octanol–water partition coefficient (Wildman–Crippen LogP) is 1.98. The molecule has 0 aliphatic rings. The lowest BCUT2D eigenvalue weighted by atomic mass is 10.2. The van der Waals surface area contributed by atoms with Gasteiger partial charge in [0.05, 0.1) is 11.8 Å². The number of thioether (sulfide) groups is 1. The smallest absolute Gasteiger partial charge is 0.198 e. The van der Waals surface area contributed by atoms with E-state index in [1.807, 2.05) is 31.2 Å². The molecule has 2 rings (SSSR count). The highest BCUT2D eigenvalue weighted by molar-refractivity contribution is 7.99. The fraction of sp³-hybridized carbons (Fsp3) is 0.273. The van der Waals surface area contributed by atoms with Crippen molar-refractivity contribution in [3.63, 3.8) is 0 Å². The molecule has 0 aliphatic heterocycles. The van der Waals surface area contributed by atoms with Crippen LogP contribution in [0.5, 0.6) is 0 Å². The van der Waals surface area contributed by atoms with Gasteiger partial charge in [-0.15, -0.1) is 5.10 Å². The SMILES string of the molecule is Cc1ccc(-n2nnnc2SCCC#N)cc1. The molecule has 17 heavy (non-hydrogen) atoms. The standard InChI is InChI=1S/C11H11N5S/c1-9-3-5-10(6-4-9)16-11(13-14-15-16)17-8-2-7-12/h3-6H,2,8H2,1H3. The van der Waals surface area contributed by atoms with Crippen LogP contribution in [0.15, 0.2) is 29.4 Å². The third-order valence-corrected chi connectivity index (χ3v) is 3.09. The van der Waals surface area contributed by atoms with E-state index in [1.165, 1.54) is 17.3 Å². The van der Waals surface area contributed by atoms with E-state index in [4.69, 9.17) is 5.26 Å². The van der Waals surface area contributed by atoms with Gasteiger partial charge in [0.1, 0.15) is 0 Å². The van der Waals surface area contributed by atoms with Crippen LogP contribution < -0.4 is 0 Å². The van der Waals surface area contributed by atoms with Crippen LogP contribution in [0.4, 0.5) is 0 Å². The van der Waals surface area contributed by atoms with Crippen molar-refractivity contribution in [1.82, 2.24) is 20.2 Å². The van der Waals surface area contributed by atoms with E-state index in [0.717, 1.165) is 5.69 Å². The van der Waals surface area contributed by atoms with Gasteiger partial charge in [0.25, 0.3) is 0 Å². The predicted molar refractivity (Wildman–Crippen MR) is 64.8 cm³/mol. The molecule has 1 aromatic carbocycles. The maximum Gasteiger partial charge on any atom is 0.214 e. The Kier molecular flexibility index (Phi) is 3.73. The van der Waals surface area contributed by atoms with Gasteiger partial charge in [-0.2, -0.15) is 9.94 Å². The summed E-state index contributed by atoms with van der Waals surface area (Å²) in [4.78, 5) is 0. The van der Waals surface area contributed by atoms with Crippen molar-refractivity contribution < 1.29 is 0 Å². The third-order valence-electron chi connectivity index (χ3n) is 2.16. The molecule has 0 fully saturated rings. The molecule has 0 saturated heterocycles. The monoisotopic (exact) mass is 245 g/mol. The first kappa shape index (κ1) is 11.6. The van der Waals surface area contributed by atoms with Gasteiger partial charge in [0.15, 0.2) is 0 Å². The summed E-state index contributed by atoms with van der Waals surface area (Å²) < 4.78 is 1.68. The quantitative estimate of drug-likeness (QED) is 0.608. The minimum atomic E-state index is 0.491. The first-order valence-electron chi connectivity index (χ1n) is 5.16. The van der Waals surface area contributed by atoms with E-state index in [2.05, 4.69) is 21.6 Å². The summed E-state index contributed by atoms with van der Waals surface area (Å²) >= 11 is 1.48. The number of hydrogen-bond acceptors (Lipinski definition) is 5. The summed E-state index contributed by atoms with van der Waals surface area (Å²) in [5.74, 6) is 0.697. The first-order chi connectivity index (χ1) is 8.31. The zero-order valence-electron chi connectivity index (χ0n) is 9.37. The Hall–Kier alpha value is -1.87. The van der Waals surface area contributed by atoms with Crippen molar-refractivity contribution in [2.45, 2.75) is 18.5 Å². The second-order valence-corrected chi connectivity index (χ2v) is 4.53. The molecule has 0 saturated carbocycles. The number of nitrogens with zero attached hydrogens (tertiary/aromatic N) is 5. The van der Waals surface area contributed by atoms with Crippen molar-refractivity contribution in [3.8, 4) is 11.8 Å². The van der Waals surface area contributed by atoms with Crippen LogP contribution in [0.25, 0.3) is 5.69 Å². The van der Waals surface area contributed by atoms with E-state index in [9.17, 15) is 0 Å². The molecule has 0 aliphatic carbocycles. The van der Waals surface area contributed by atoms with E-state index in [0.29, 0.717) is 17.3 Å². The van der Waals surface area contributed by atoms with E-state index < -0.39 is 0 Å². The molecule has 1 heterocycles. The van der Waals surface area contributed by atoms with Crippen molar-refractivity contribution >= 4 is 11.8 Å². The van der Waals surface area contributed by atoms with Crippen LogP contribution in [-0.4, -0.2) is 26.0 Å². The molecule has 6 heteroatoms. The van der Waals surface area contributed by atoms with Gasteiger partial charge in [-0.3, -0.25) is 0 Å². The zero-order chi connectivity index (χ0) is 12.1. The van der Waals surface area contributed by atoms with E-state index in [-0.39, 0.29) is 0 Å². The summed E-state index contributed by atoms with van der Waals surface area (Å²) in [5, 5.41) is 20.7. The third kappa shape index (κ3) is 2.82. The summed E-state index contributed by atoms with van der Waals surface area (Å²) in [5.41, 5.74) is 2.13. The van der Waals surface area contributed by atoms with Crippen LogP contribution in [0.2, 0.25) is 0 Å². The maximum atomic E-state index is 8.49. The van der Waals surface area contributed by atoms with Gasteiger partial charge >= 0.3 is 0 Å². The Labute approximate surface area is 103 Å². The molecule has 0 unspecified atom stereocenters. The lowest BCUT2D eigenvalue weighted by Crippen LogP contribution is -1.99. The molecule has 0 amide bonds. The molecule has 1 aromatic heterocycles. The minimum absolute atomic E-state index is 0.491. The Morgan fingerprint density at radius 2 is 2.12 bits per heavy atom. The molecule has 5 nitrogen and oxygen atoms in total. The van der Waals surface area contributed by atoms with Crippen LogP contribution >= 0.6 is 11.8 Å². The molecule has 0 radical (unpaired) electrons. The van der Waals surface area contributed by atoms with E-state index >= 15 is 0 Å². The van der Waals surface area contributed by atoms with Crippen molar-refractivity contribution in [2.75, 3.05) is 5.75 Å². The normalized spacial score (nSPS) is 10.1. The Morgan fingerprint density at radius 3 is 2.82 bits per heavy atom. The Bertz CT molecular complexity index is 526. The van der Waals surface area contributed by atoms with Crippen LogP contribution in [0, 0.1) is 18.3 Å². The molecule has 0 atom stereocenters. The lowest BCUT2D eigenvalue weighted by Gasteiger charge is -2.03. The average Bonchev–Trinajstić information content (AvgIpc) is 2.79. The summed E-state index contributed by atoms with van der Waals surface area (Å²) in [7, 11) is 0. The fourth-order valence-electron chi connectivity index (χ4n) is 1.30.